The summed E-state index contributed by atoms with van der Waals surface area (Å²) in [7, 11) is -1.62. The van der Waals surface area contributed by atoms with Crippen molar-refractivity contribution in [2.75, 3.05) is 13.3 Å². The third-order valence-electron chi connectivity index (χ3n) is 2.77. The Morgan fingerprint density at radius 3 is 2.47 bits per heavy atom. The molecular formula is C11H15BrFNO2S. The lowest BCUT2D eigenvalue weighted by molar-refractivity contribution is 0.506. The van der Waals surface area contributed by atoms with Gasteiger partial charge >= 0.3 is 0 Å². The number of sulfone groups is 1. The van der Waals surface area contributed by atoms with Crippen molar-refractivity contribution in [2.45, 2.75) is 18.2 Å². The summed E-state index contributed by atoms with van der Waals surface area (Å²) in [6.45, 7) is 1.57. The fraction of sp³-hybridized carbons (Fsp3) is 0.455. The minimum absolute atomic E-state index is 0.330. The van der Waals surface area contributed by atoms with Crippen molar-refractivity contribution in [1.29, 1.82) is 0 Å². The monoisotopic (exact) mass is 323 g/mol. The van der Waals surface area contributed by atoms with Crippen LogP contribution < -0.4 is 5.32 Å². The van der Waals surface area contributed by atoms with Gasteiger partial charge in [-0.25, -0.2) is 12.8 Å². The summed E-state index contributed by atoms with van der Waals surface area (Å²) in [5.74, 6) is -0.428. The number of rotatable bonds is 4. The van der Waals surface area contributed by atoms with Gasteiger partial charge in [-0.15, -0.1) is 0 Å². The van der Waals surface area contributed by atoms with E-state index in [1.807, 2.05) is 0 Å². The van der Waals surface area contributed by atoms with Gasteiger partial charge in [0.2, 0.25) is 0 Å². The van der Waals surface area contributed by atoms with Crippen molar-refractivity contribution in [3.05, 3.63) is 34.1 Å². The Morgan fingerprint density at radius 2 is 2.00 bits per heavy atom. The fourth-order valence-electron chi connectivity index (χ4n) is 1.65. The van der Waals surface area contributed by atoms with Gasteiger partial charge in [0.25, 0.3) is 0 Å². The Morgan fingerprint density at radius 1 is 1.41 bits per heavy atom. The van der Waals surface area contributed by atoms with Crippen LogP contribution in [0.3, 0.4) is 0 Å². The molecule has 1 aromatic carbocycles. The highest BCUT2D eigenvalue weighted by atomic mass is 79.9. The summed E-state index contributed by atoms with van der Waals surface area (Å²) in [5, 5.41) is 2.15. The van der Waals surface area contributed by atoms with Crippen LogP contribution in [-0.2, 0) is 9.84 Å². The number of halogens is 2. The second-order valence-corrected chi connectivity index (χ2v) is 7.20. The minimum atomic E-state index is -3.24. The molecule has 3 nitrogen and oxygen atoms in total. The Balaban J connectivity index is 3.24. The summed E-state index contributed by atoms with van der Waals surface area (Å²) >= 11 is 3.09. The molecule has 0 saturated carbocycles. The third-order valence-corrected chi connectivity index (χ3v) is 5.01. The fourth-order valence-corrected chi connectivity index (χ4v) is 2.81. The highest BCUT2D eigenvalue weighted by Crippen LogP contribution is 2.27. The smallest absolute Gasteiger partial charge is 0.151 e. The van der Waals surface area contributed by atoms with E-state index in [0.717, 1.165) is 6.26 Å². The molecule has 1 rings (SSSR count). The summed E-state index contributed by atoms with van der Waals surface area (Å²) < 4.78 is 37.3. The molecule has 0 aliphatic rings. The molecule has 96 valence electrons. The Labute approximate surface area is 109 Å². The molecule has 0 saturated heterocycles. The maximum atomic E-state index is 13.9. The highest BCUT2D eigenvalue weighted by Gasteiger charge is 2.28. The van der Waals surface area contributed by atoms with Crippen molar-refractivity contribution in [3.63, 3.8) is 0 Å². The molecule has 17 heavy (non-hydrogen) atoms. The van der Waals surface area contributed by atoms with Gasteiger partial charge in [-0.05, 0) is 36.0 Å². The zero-order valence-electron chi connectivity index (χ0n) is 9.87. The van der Waals surface area contributed by atoms with Crippen LogP contribution in [0, 0.1) is 5.82 Å². The predicted molar refractivity (Wildman–Crippen MR) is 70.2 cm³/mol. The standard InChI is InChI=1S/C11H15BrFNO2S/c1-7(17(3,15)16)11(14-2)8-5-4-6-9(12)10(8)13/h4-7,11,14H,1-3H3. The van der Waals surface area contributed by atoms with E-state index in [-0.39, 0.29) is 0 Å². The van der Waals surface area contributed by atoms with E-state index in [2.05, 4.69) is 21.2 Å². The highest BCUT2D eigenvalue weighted by molar-refractivity contribution is 9.10. The van der Waals surface area contributed by atoms with Gasteiger partial charge < -0.3 is 5.32 Å². The number of hydrogen-bond donors (Lipinski definition) is 1. The van der Waals surface area contributed by atoms with Crippen LogP contribution in [0.4, 0.5) is 4.39 Å². The van der Waals surface area contributed by atoms with E-state index in [1.54, 1.807) is 32.2 Å². The molecule has 0 spiro atoms. The Hall–Kier alpha value is -0.460. The SMILES string of the molecule is CNC(c1cccc(Br)c1F)C(C)S(C)(=O)=O. The average molecular weight is 324 g/mol. The number of benzene rings is 1. The lowest BCUT2D eigenvalue weighted by Gasteiger charge is -2.23. The molecule has 0 fully saturated rings. The largest absolute Gasteiger partial charge is 0.312 e. The van der Waals surface area contributed by atoms with Gasteiger partial charge in [0.1, 0.15) is 5.82 Å². The Bertz CT molecular complexity index is 504. The summed E-state index contributed by atoms with van der Waals surface area (Å²) in [6, 6.07) is 4.28. The van der Waals surface area contributed by atoms with E-state index in [9.17, 15) is 12.8 Å². The topological polar surface area (TPSA) is 46.2 Å². The Kier molecular flexibility index (Phi) is 4.69. The summed E-state index contributed by atoms with van der Waals surface area (Å²) in [4.78, 5) is 0. The van der Waals surface area contributed by atoms with Gasteiger partial charge in [-0.3, -0.25) is 0 Å². The van der Waals surface area contributed by atoms with E-state index < -0.39 is 26.9 Å². The second-order valence-electron chi connectivity index (χ2n) is 3.94. The van der Waals surface area contributed by atoms with Crippen LogP contribution in [0.1, 0.15) is 18.5 Å². The molecule has 0 aliphatic carbocycles. The van der Waals surface area contributed by atoms with Crippen LogP contribution in [0.2, 0.25) is 0 Å². The van der Waals surface area contributed by atoms with Crippen molar-refractivity contribution >= 4 is 25.8 Å². The molecule has 1 N–H and O–H groups in total. The van der Waals surface area contributed by atoms with Gasteiger partial charge in [0, 0.05) is 11.8 Å². The molecule has 2 unspecified atom stereocenters. The number of nitrogens with one attached hydrogen (secondary N) is 1. The molecule has 0 aromatic heterocycles. The average Bonchev–Trinajstić information content (AvgIpc) is 2.23. The van der Waals surface area contributed by atoms with Crippen molar-refractivity contribution in [1.82, 2.24) is 5.32 Å². The van der Waals surface area contributed by atoms with Crippen LogP contribution in [-0.4, -0.2) is 27.0 Å². The maximum absolute atomic E-state index is 13.9. The minimum Gasteiger partial charge on any atom is -0.312 e. The van der Waals surface area contributed by atoms with Crippen molar-refractivity contribution < 1.29 is 12.8 Å². The van der Waals surface area contributed by atoms with E-state index >= 15 is 0 Å². The molecular weight excluding hydrogens is 309 g/mol. The normalized spacial score (nSPS) is 15.6. The molecule has 0 bridgehead atoms. The molecule has 0 aliphatic heterocycles. The third kappa shape index (κ3) is 3.26. The maximum Gasteiger partial charge on any atom is 0.151 e. The molecule has 0 amide bonds. The van der Waals surface area contributed by atoms with Crippen LogP contribution >= 0.6 is 15.9 Å². The summed E-state index contributed by atoms with van der Waals surface area (Å²) in [6.07, 6.45) is 1.15. The van der Waals surface area contributed by atoms with E-state index in [1.165, 1.54) is 0 Å². The first kappa shape index (κ1) is 14.6. The van der Waals surface area contributed by atoms with Crippen LogP contribution in [0.5, 0.6) is 0 Å². The van der Waals surface area contributed by atoms with Gasteiger partial charge in [0.05, 0.1) is 15.8 Å². The van der Waals surface area contributed by atoms with Gasteiger partial charge in [0.15, 0.2) is 9.84 Å². The molecule has 0 heterocycles. The molecule has 1 aromatic rings. The van der Waals surface area contributed by atoms with Crippen LogP contribution in [0.25, 0.3) is 0 Å². The molecule has 2 atom stereocenters. The number of hydrogen-bond acceptors (Lipinski definition) is 3. The lowest BCUT2D eigenvalue weighted by Crippen LogP contribution is -2.33. The molecule has 6 heteroatoms. The first-order chi connectivity index (χ1) is 7.79. The van der Waals surface area contributed by atoms with Crippen LogP contribution in [0.15, 0.2) is 22.7 Å². The van der Waals surface area contributed by atoms with E-state index in [4.69, 9.17) is 0 Å². The quantitative estimate of drug-likeness (QED) is 0.924. The first-order valence-corrected chi connectivity index (χ1v) is 7.83. The zero-order chi connectivity index (χ0) is 13.2. The second kappa shape index (κ2) is 5.46. The lowest BCUT2D eigenvalue weighted by atomic mass is 10.0. The molecule has 0 radical (unpaired) electrons. The first-order valence-electron chi connectivity index (χ1n) is 5.09. The predicted octanol–water partition coefficient (Wildman–Crippen LogP) is 2.28. The summed E-state index contributed by atoms with van der Waals surface area (Å²) in [5.41, 5.74) is 0.347. The van der Waals surface area contributed by atoms with Gasteiger partial charge in [-0.1, -0.05) is 12.1 Å². The van der Waals surface area contributed by atoms with Gasteiger partial charge in [-0.2, -0.15) is 0 Å². The van der Waals surface area contributed by atoms with Crippen molar-refractivity contribution in [2.24, 2.45) is 0 Å². The zero-order valence-corrected chi connectivity index (χ0v) is 12.3. The van der Waals surface area contributed by atoms with Crippen molar-refractivity contribution in [3.8, 4) is 0 Å². The van der Waals surface area contributed by atoms with E-state index in [0.29, 0.717) is 10.0 Å².